The highest BCUT2D eigenvalue weighted by atomic mass is 79.9. The van der Waals surface area contributed by atoms with Gasteiger partial charge in [0.15, 0.2) is 0 Å². The number of nitrogens with one attached hydrogen (secondary N) is 1. The molecule has 0 aliphatic rings. The Hall–Kier alpha value is -1.78. The van der Waals surface area contributed by atoms with E-state index in [9.17, 15) is 14.9 Å². The maximum absolute atomic E-state index is 11.5. The van der Waals surface area contributed by atoms with Gasteiger partial charge in [0.25, 0.3) is 5.91 Å². The number of rotatable bonds is 4. The number of carbonyl (C=O) groups excluding carboxylic acids is 1. The van der Waals surface area contributed by atoms with Crippen LogP contribution < -0.4 is 11.3 Å². The van der Waals surface area contributed by atoms with E-state index in [4.69, 9.17) is 5.84 Å². The average Bonchev–Trinajstić information content (AvgIpc) is 2.95. The normalized spacial score (nSPS) is 10.4. The number of nitrogen functional groups attached to an aromatic ring is 1. The fraction of sp³-hybridized carbons (Fsp3) is 0.111. The molecule has 0 spiro atoms. The molecule has 0 aliphatic carbocycles. The molecule has 0 unspecified atom stereocenters. The van der Waals surface area contributed by atoms with Gasteiger partial charge in [-0.1, -0.05) is 0 Å². The van der Waals surface area contributed by atoms with Gasteiger partial charge in [-0.2, -0.15) is 4.68 Å². The predicted molar refractivity (Wildman–Crippen MR) is 71.7 cm³/mol. The van der Waals surface area contributed by atoms with E-state index in [0.717, 1.165) is 0 Å². The molecule has 0 radical (unpaired) electrons. The summed E-state index contributed by atoms with van der Waals surface area (Å²) in [4.78, 5) is 22.0. The van der Waals surface area contributed by atoms with Crippen LogP contribution in [0.15, 0.2) is 22.1 Å². The highest BCUT2D eigenvalue weighted by Crippen LogP contribution is 2.24. The van der Waals surface area contributed by atoms with E-state index in [1.54, 1.807) is 11.4 Å². The standard InChI is InChI=1S/C9H8BrN5O3S/c10-6-4-14(13-8(6)15(17)18)3-5-1-2-19-7(5)9(16)12-11/h1-2,4H,3,11H2,(H,12,16). The van der Waals surface area contributed by atoms with Gasteiger partial charge in [-0.15, -0.1) is 11.3 Å². The number of nitro groups is 1. The monoisotopic (exact) mass is 345 g/mol. The summed E-state index contributed by atoms with van der Waals surface area (Å²) in [5.74, 6) is 4.42. The Kier molecular flexibility index (Phi) is 3.93. The lowest BCUT2D eigenvalue weighted by Crippen LogP contribution is -2.30. The van der Waals surface area contributed by atoms with Gasteiger partial charge in [0, 0.05) is 0 Å². The van der Waals surface area contributed by atoms with Crippen molar-refractivity contribution in [2.24, 2.45) is 5.84 Å². The predicted octanol–water partition coefficient (Wildman–Crippen LogP) is 1.27. The van der Waals surface area contributed by atoms with Crippen LogP contribution >= 0.6 is 27.3 Å². The molecule has 0 saturated carbocycles. The molecule has 0 saturated heterocycles. The minimum Gasteiger partial charge on any atom is -0.358 e. The fourth-order valence-corrected chi connectivity index (χ4v) is 2.77. The zero-order chi connectivity index (χ0) is 14.0. The Morgan fingerprint density at radius 1 is 1.68 bits per heavy atom. The Morgan fingerprint density at radius 3 is 3.00 bits per heavy atom. The molecule has 8 nitrogen and oxygen atoms in total. The fourth-order valence-electron chi connectivity index (χ4n) is 1.49. The molecule has 3 N–H and O–H groups in total. The first-order valence-corrected chi connectivity index (χ1v) is 6.65. The minimum atomic E-state index is -0.582. The van der Waals surface area contributed by atoms with Crippen LogP contribution in [0.25, 0.3) is 0 Å². The van der Waals surface area contributed by atoms with E-state index in [0.29, 0.717) is 10.4 Å². The van der Waals surface area contributed by atoms with Gasteiger partial charge < -0.3 is 10.1 Å². The van der Waals surface area contributed by atoms with Crippen molar-refractivity contribution in [3.63, 3.8) is 0 Å². The third-order valence-corrected chi connectivity index (χ3v) is 3.80. The molecule has 2 aromatic rings. The van der Waals surface area contributed by atoms with Crippen LogP contribution in [0, 0.1) is 10.1 Å². The Bertz CT molecular complexity index is 638. The second kappa shape index (κ2) is 5.47. The van der Waals surface area contributed by atoms with Crippen molar-refractivity contribution in [3.8, 4) is 0 Å². The van der Waals surface area contributed by atoms with Crippen LogP contribution in [-0.4, -0.2) is 20.6 Å². The van der Waals surface area contributed by atoms with E-state index in [1.165, 1.54) is 22.2 Å². The maximum atomic E-state index is 11.5. The summed E-state index contributed by atoms with van der Waals surface area (Å²) < 4.78 is 1.68. The summed E-state index contributed by atoms with van der Waals surface area (Å²) in [7, 11) is 0. The number of hydrogen-bond donors (Lipinski definition) is 2. The number of aromatic nitrogens is 2. The van der Waals surface area contributed by atoms with Crippen molar-refractivity contribution in [1.29, 1.82) is 0 Å². The molecule has 0 fully saturated rings. The van der Waals surface area contributed by atoms with Crippen molar-refractivity contribution in [2.75, 3.05) is 0 Å². The summed E-state index contributed by atoms with van der Waals surface area (Å²) in [6.45, 7) is 0.249. The van der Waals surface area contributed by atoms with Crippen molar-refractivity contribution < 1.29 is 9.72 Å². The lowest BCUT2D eigenvalue weighted by Gasteiger charge is -2.00. The van der Waals surface area contributed by atoms with E-state index in [-0.39, 0.29) is 16.8 Å². The largest absolute Gasteiger partial charge is 0.404 e. The molecule has 0 aromatic carbocycles. The topological polar surface area (TPSA) is 116 Å². The second-order valence-corrected chi connectivity index (χ2v) is 5.27. The third-order valence-electron chi connectivity index (χ3n) is 2.29. The van der Waals surface area contributed by atoms with E-state index >= 15 is 0 Å². The Morgan fingerprint density at radius 2 is 2.42 bits per heavy atom. The third kappa shape index (κ3) is 2.80. The first-order valence-electron chi connectivity index (χ1n) is 4.97. The van der Waals surface area contributed by atoms with Crippen LogP contribution in [0.2, 0.25) is 0 Å². The molecule has 0 atom stereocenters. The van der Waals surface area contributed by atoms with Crippen LogP contribution in [-0.2, 0) is 6.54 Å². The molecule has 100 valence electrons. The summed E-state index contributed by atoms with van der Waals surface area (Å²) >= 11 is 4.30. The van der Waals surface area contributed by atoms with Gasteiger partial charge in [-0.3, -0.25) is 10.2 Å². The lowest BCUT2D eigenvalue weighted by atomic mass is 10.2. The number of thiophene rings is 1. The van der Waals surface area contributed by atoms with Gasteiger partial charge >= 0.3 is 5.82 Å². The molecule has 0 bridgehead atoms. The van der Waals surface area contributed by atoms with Gasteiger partial charge in [0.2, 0.25) is 0 Å². The number of hydrogen-bond acceptors (Lipinski definition) is 6. The molecule has 19 heavy (non-hydrogen) atoms. The zero-order valence-corrected chi connectivity index (χ0v) is 11.8. The second-order valence-electron chi connectivity index (χ2n) is 3.50. The van der Waals surface area contributed by atoms with E-state index in [2.05, 4.69) is 26.5 Å². The van der Waals surface area contributed by atoms with Crippen molar-refractivity contribution in [3.05, 3.63) is 42.7 Å². The highest BCUT2D eigenvalue weighted by Gasteiger charge is 2.20. The first kappa shape index (κ1) is 13.6. The summed E-state index contributed by atoms with van der Waals surface area (Å²) in [6.07, 6.45) is 1.49. The van der Waals surface area contributed by atoms with Crippen LogP contribution in [0.3, 0.4) is 0 Å². The van der Waals surface area contributed by atoms with Gasteiger partial charge in [-0.05, 0) is 37.9 Å². The van der Waals surface area contributed by atoms with E-state index < -0.39 is 10.8 Å². The minimum absolute atomic E-state index is 0.249. The van der Waals surface area contributed by atoms with Crippen molar-refractivity contribution in [1.82, 2.24) is 15.2 Å². The number of halogens is 1. The summed E-state index contributed by atoms with van der Waals surface area (Å²) in [5, 5.41) is 16.2. The SMILES string of the molecule is NNC(=O)c1sccc1Cn1cc(Br)c([N+](=O)[O-])n1. The van der Waals surface area contributed by atoms with Crippen molar-refractivity contribution >= 4 is 39.0 Å². The molecule has 1 amide bonds. The Labute approximate surface area is 119 Å². The first-order chi connectivity index (χ1) is 9.02. The Balaban J connectivity index is 2.27. The highest BCUT2D eigenvalue weighted by molar-refractivity contribution is 9.10. The van der Waals surface area contributed by atoms with E-state index in [1.807, 2.05) is 0 Å². The molecular weight excluding hydrogens is 338 g/mol. The number of amides is 1. The quantitative estimate of drug-likeness (QED) is 0.374. The number of carbonyl (C=O) groups is 1. The molecule has 0 aliphatic heterocycles. The number of nitrogens with two attached hydrogens (primary N) is 1. The van der Waals surface area contributed by atoms with Crippen LogP contribution in [0.5, 0.6) is 0 Å². The van der Waals surface area contributed by atoms with Crippen LogP contribution in [0.4, 0.5) is 5.82 Å². The maximum Gasteiger partial charge on any atom is 0.404 e. The lowest BCUT2D eigenvalue weighted by molar-refractivity contribution is -0.390. The van der Waals surface area contributed by atoms with Gasteiger partial charge in [-0.25, -0.2) is 5.84 Å². The molecule has 10 heteroatoms. The molecular formula is C9H8BrN5O3S. The summed E-state index contributed by atoms with van der Waals surface area (Å²) in [6, 6.07) is 1.75. The van der Waals surface area contributed by atoms with Crippen molar-refractivity contribution in [2.45, 2.75) is 6.54 Å². The van der Waals surface area contributed by atoms with Crippen LogP contribution in [0.1, 0.15) is 15.2 Å². The molecule has 2 rings (SSSR count). The summed E-state index contributed by atoms with van der Waals surface area (Å²) in [5.41, 5.74) is 2.75. The molecule has 2 aromatic heterocycles. The average molecular weight is 346 g/mol. The molecule has 2 heterocycles. The van der Waals surface area contributed by atoms with Gasteiger partial charge in [0.1, 0.15) is 4.47 Å². The number of nitrogens with zero attached hydrogens (tertiary/aromatic N) is 3. The zero-order valence-electron chi connectivity index (χ0n) is 9.37. The smallest absolute Gasteiger partial charge is 0.358 e. The van der Waals surface area contributed by atoms with Gasteiger partial charge in [0.05, 0.1) is 22.7 Å². The number of hydrazine groups is 1.